The fourth-order valence-electron chi connectivity index (χ4n) is 3.47. The average Bonchev–Trinajstić information content (AvgIpc) is 3.19. The van der Waals surface area contributed by atoms with Crippen molar-refractivity contribution in [2.75, 3.05) is 68.2 Å². The Hall–Kier alpha value is -1.26. The third-order valence-corrected chi connectivity index (χ3v) is 5.08. The van der Waals surface area contributed by atoms with Gasteiger partial charge in [0, 0.05) is 32.7 Å². The number of hydrogen-bond donors (Lipinski definition) is 1. The fraction of sp³-hybridized carbons (Fsp3) is 0.667. The third-order valence-electron chi connectivity index (χ3n) is 5.08. The lowest BCUT2D eigenvalue weighted by molar-refractivity contribution is 0.181. The zero-order valence-electron chi connectivity index (χ0n) is 18.6. The van der Waals surface area contributed by atoms with Crippen LogP contribution >= 0.6 is 24.0 Å². The molecule has 1 aliphatic heterocycles. The predicted molar refractivity (Wildman–Crippen MR) is 129 cm³/mol. The Labute approximate surface area is 192 Å². The van der Waals surface area contributed by atoms with E-state index in [1.165, 1.54) is 0 Å². The Morgan fingerprint density at radius 3 is 2.52 bits per heavy atom. The Morgan fingerprint density at radius 2 is 1.97 bits per heavy atom. The molecule has 0 radical (unpaired) electrons. The molecule has 7 nitrogen and oxygen atoms in total. The van der Waals surface area contributed by atoms with E-state index in [9.17, 15) is 0 Å². The largest absolute Gasteiger partial charge is 0.493 e. The summed E-state index contributed by atoms with van der Waals surface area (Å²) in [5, 5.41) is 3.41. The number of nitrogens with zero attached hydrogens (tertiary/aromatic N) is 3. The minimum absolute atomic E-state index is 0. The molecule has 2 rings (SSSR count). The van der Waals surface area contributed by atoms with Crippen molar-refractivity contribution in [3.8, 4) is 11.5 Å². The number of hydrogen-bond acceptors (Lipinski definition) is 5. The number of likely N-dealkylation sites (N-methyl/N-ethyl adjacent to an activating group) is 1. The van der Waals surface area contributed by atoms with Crippen LogP contribution in [0, 0.1) is 5.92 Å². The molecule has 0 bridgehead atoms. The van der Waals surface area contributed by atoms with Crippen molar-refractivity contribution in [2.24, 2.45) is 10.9 Å². The number of ether oxygens (including phenoxy) is 3. The SMILES string of the molecule is CCNC(=NCC(c1ccc(OC)c(OC)c1)N(C)C)N(C)CC1CCOC1.I. The van der Waals surface area contributed by atoms with E-state index in [0.717, 1.165) is 55.7 Å². The molecule has 1 N–H and O–H groups in total. The summed E-state index contributed by atoms with van der Waals surface area (Å²) in [6.45, 7) is 6.25. The molecule has 0 spiro atoms. The van der Waals surface area contributed by atoms with E-state index in [0.29, 0.717) is 12.5 Å². The lowest BCUT2D eigenvalue weighted by Crippen LogP contribution is -2.42. The number of halogens is 1. The highest BCUT2D eigenvalue weighted by molar-refractivity contribution is 14.0. The minimum Gasteiger partial charge on any atom is -0.493 e. The molecule has 1 saturated heterocycles. The molecule has 1 aromatic carbocycles. The van der Waals surface area contributed by atoms with Crippen molar-refractivity contribution < 1.29 is 14.2 Å². The second-order valence-electron chi connectivity index (χ2n) is 7.40. The summed E-state index contributed by atoms with van der Waals surface area (Å²) in [5.41, 5.74) is 1.15. The third kappa shape index (κ3) is 7.49. The van der Waals surface area contributed by atoms with Gasteiger partial charge in [0.2, 0.25) is 0 Å². The van der Waals surface area contributed by atoms with Crippen molar-refractivity contribution in [1.82, 2.24) is 15.1 Å². The van der Waals surface area contributed by atoms with Crippen LogP contribution in [0.5, 0.6) is 11.5 Å². The van der Waals surface area contributed by atoms with Gasteiger partial charge >= 0.3 is 0 Å². The summed E-state index contributed by atoms with van der Waals surface area (Å²) in [7, 11) is 9.56. The van der Waals surface area contributed by atoms with Gasteiger partial charge in [-0.15, -0.1) is 24.0 Å². The van der Waals surface area contributed by atoms with Crippen LogP contribution in [0.3, 0.4) is 0 Å². The first-order valence-electron chi connectivity index (χ1n) is 9.95. The topological polar surface area (TPSA) is 58.6 Å². The molecule has 0 aliphatic carbocycles. The van der Waals surface area contributed by atoms with Crippen molar-refractivity contribution in [1.29, 1.82) is 0 Å². The van der Waals surface area contributed by atoms with E-state index >= 15 is 0 Å². The maximum Gasteiger partial charge on any atom is 0.193 e. The van der Waals surface area contributed by atoms with Gasteiger partial charge < -0.3 is 29.3 Å². The predicted octanol–water partition coefficient (Wildman–Crippen LogP) is 2.86. The number of nitrogens with one attached hydrogen (secondary N) is 1. The lowest BCUT2D eigenvalue weighted by Gasteiger charge is -2.27. The smallest absolute Gasteiger partial charge is 0.193 e. The van der Waals surface area contributed by atoms with Crippen LogP contribution in [0.1, 0.15) is 24.9 Å². The highest BCUT2D eigenvalue weighted by atomic mass is 127. The van der Waals surface area contributed by atoms with Crippen LogP contribution in [0.25, 0.3) is 0 Å². The molecule has 29 heavy (non-hydrogen) atoms. The average molecular weight is 520 g/mol. The normalized spacial score (nSPS) is 17.6. The Balaban J connectivity index is 0.00000420. The number of aliphatic imine (C=N–C) groups is 1. The summed E-state index contributed by atoms with van der Waals surface area (Å²) in [5.74, 6) is 2.98. The molecule has 0 saturated carbocycles. The van der Waals surface area contributed by atoms with Crippen molar-refractivity contribution in [3.05, 3.63) is 23.8 Å². The highest BCUT2D eigenvalue weighted by Gasteiger charge is 2.20. The first-order valence-corrected chi connectivity index (χ1v) is 9.95. The highest BCUT2D eigenvalue weighted by Crippen LogP contribution is 2.31. The Kier molecular flexibility index (Phi) is 11.7. The van der Waals surface area contributed by atoms with E-state index < -0.39 is 0 Å². The zero-order valence-corrected chi connectivity index (χ0v) is 20.9. The standard InChI is InChI=1S/C21H36N4O3.HI/c1-7-22-21(25(4)14-16-10-11-28-15-16)23-13-18(24(2)3)17-8-9-19(26-5)20(12-17)27-6;/h8-9,12,16,18H,7,10-11,13-15H2,1-6H3,(H,22,23);1H. The van der Waals surface area contributed by atoms with Crippen LogP contribution in [-0.2, 0) is 4.74 Å². The summed E-state index contributed by atoms with van der Waals surface area (Å²) in [4.78, 5) is 9.32. The fourth-order valence-corrected chi connectivity index (χ4v) is 3.47. The van der Waals surface area contributed by atoms with E-state index in [1.807, 2.05) is 12.1 Å². The van der Waals surface area contributed by atoms with Crippen LogP contribution in [0.2, 0.25) is 0 Å². The number of benzene rings is 1. The molecule has 8 heteroatoms. The van der Waals surface area contributed by atoms with Gasteiger partial charge in [-0.2, -0.15) is 0 Å². The summed E-state index contributed by atoms with van der Waals surface area (Å²) < 4.78 is 16.3. The van der Waals surface area contributed by atoms with Gasteiger partial charge in [0.1, 0.15) is 0 Å². The summed E-state index contributed by atoms with van der Waals surface area (Å²) in [6.07, 6.45) is 1.12. The van der Waals surface area contributed by atoms with Crippen molar-refractivity contribution in [2.45, 2.75) is 19.4 Å². The van der Waals surface area contributed by atoms with Crippen LogP contribution in [-0.4, -0.2) is 84.0 Å². The Bertz CT molecular complexity index is 636. The Morgan fingerprint density at radius 1 is 1.24 bits per heavy atom. The van der Waals surface area contributed by atoms with Crippen LogP contribution in [0.4, 0.5) is 0 Å². The summed E-state index contributed by atoms with van der Waals surface area (Å²) >= 11 is 0. The van der Waals surface area contributed by atoms with Crippen LogP contribution < -0.4 is 14.8 Å². The van der Waals surface area contributed by atoms with Crippen molar-refractivity contribution in [3.63, 3.8) is 0 Å². The second kappa shape index (κ2) is 13.1. The molecular weight excluding hydrogens is 483 g/mol. The van der Waals surface area contributed by atoms with E-state index in [2.05, 4.69) is 49.2 Å². The molecule has 1 heterocycles. The zero-order chi connectivity index (χ0) is 20.5. The van der Waals surface area contributed by atoms with E-state index in [-0.39, 0.29) is 30.0 Å². The van der Waals surface area contributed by atoms with E-state index in [1.54, 1.807) is 14.2 Å². The van der Waals surface area contributed by atoms with Gasteiger partial charge in [-0.25, -0.2) is 0 Å². The van der Waals surface area contributed by atoms with Gasteiger partial charge in [-0.3, -0.25) is 4.99 Å². The maximum atomic E-state index is 5.51. The van der Waals surface area contributed by atoms with Gasteiger partial charge in [0.15, 0.2) is 17.5 Å². The van der Waals surface area contributed by atoms with Crippen molar-refractivity contribution >= 4 is 29.9 Å². The molecule has 1 fully saturated rings. The molecular formula is C21H37IN4O3. The minimum atomic E-state index is 0. The first-order chi connectivity index (χ1) is 13.5. The number of guanidine groups is 1. The maximum absolute atomic E-state index is 5.51. The summed E-state index contributed by atoms with van der Waals surface area (Å²) in [6, 6.07) is 6.20. The lowest BCUT2D eigenvalue weighted by atomic mass is 10.1. The second-order valence-corrected chi connectivity index (χ2v) is 7.40. The number of methoxy groups -OCH3 is 2. The van der Waals surface area contributed by atoms with Gasteiger partial charge in [-0.05, 0) is 45.1 Å². The molecule has 0 aromatic heterocycles. The van der Waals surface area contributed by atoms with Gasteiger partial charge in [0.25, 0.3) is 0 Å². The molecule has 1 aromatic rings. The van der Waals surface area contributed by atoms with Gasteiger partial charge in [-0.1, -0.05) is 6.07 Å². The van der Waals surface area contributed by atoms with Gasteiger partial charge in [0.05, 0.1) is 33.4 Å². The quantitative estimate of drug-likeness (QED) is 0.307. The molecule has 1 aliphatic rings. The first kappa shape index (κ1) is 25.8. The molecule has 0 amide bonds. The molecule has 2 unspecified atom stereocenters. The molecule has 2 atom stereocenters. The van der Waals surface area contributed by atoms with Crippen LogP contribution in [0.15, 0.2) is 23.2 Å². The van der Waals surface area contributed by atoms with E-state index in [4.69, 9.17) is 19.2 Å². The number of rotatable bonds is 9. The molecule has 166 valence electrons. The monoisotopic (exact) mass is 520 g/mol.